The molecule has 0 aliphatic carbocycles. The first kappa shape index (κ1) is 15.9. The fraction of sp³-hybridized carbons (Fsp3) is 0.500. The topological polar surface area (TPSA) is 82.5 Å². The summed E-state index contributed by atoms with van der Waals surface area (Å²) in [6, 6.07) is 3.03. The summed E-state index contributed by atoms with van der Waals surface area (Å²) >= 11 is 0. The molecule has 0 saturated carbocycles. The molecule has 110 valence electrons. The zero-order valence-corrected chi connectivity index (χ0v) is 12.1. The van der Waals surface area contributed by atoms with E-state index in [2.05, 4.69) is 10.3 Å². The van der Waals surface area contributed by atoms with Gasteiger partial charge in [0.15, 0.2) is 0 Å². The van der Waals surface area contributed by atoms with Crippen molar-refractivity contribution in [2.24, 2.45) is 0 Å². The van der Waals surface area contributed by atoms with Crippen LogP contribution in [0.4, 0.5) is 5.82 Å². The van der Waals surface area contributed by atoms with E-state index in [0.717, 1.165) is 6.42 Å². The maximum Gasteiger partial charge on any atom is 0.335 e. The summed E-state index contributed by atoms with van der Waals surface area (Å²) in [5.74, 6) is -0.601. The molecule has 0 bridgehead atoms. The van der Waals surface area contributed by atoms with E-state index in [1.54, 1.807) is 18.0 Å². The third kappa shape index (κ3) is 4.53. The molecule has 0 spiro atoms. The van der Waals surface area contributed by atoms with E-state index in [-0.39, 0.29) is 18.0 Å². The highest BCUT2D eigenvalue weighted by Crippen LogP contribution is 2.14. The van der Waals surface area contributed by atoms with Crippen LogP contribution in [0.3, 0.4) is 0 Å². The normalized spacial score (nSPS) is 10.2. The van der Waals surface area contributed by atoms with Crippen molar-refractivity contribution >= 4 is 17.7 Å². The summed E-state index contributed by atoms with van der Waals surface area (Å²) in [5, 5.41) is 11.9. The second-order valence-corrected chi connectivity index (χ2v) is 4.57. The number of aromatic carboxylic acids is 1. The summed E-state index contributed by atoms with van der Waals surface area (Å²) in [6.07, 6.45) is 1.52. The van der Waals surface area contributed by atoms with Crippen LogP contribution in [0.1, 0.15) is 36.3 Å². The van der Waals surface area contributed by atoms with Crippen molar-refractivity contribution in [2.75, 3.05) is 25.0 Å². The van der Waals surface area contributed by atoms with Gasteiger partial charge in [0.25, 0.3) is 0 Å². The van der Waals surface area contributed by atoms with Gasteiger partial charge in [-0.1, -0.05) is 13.8 Å². The van der Waals surface area contributed by atoms with E-state index in [9.17, 15) is 9.59 Å². The van der Waals surface area contributed by atoms with Crippen LogP contribution in [0.5, 0.6) is 0 Å². The number of nitrogens with one attached hydrogen (secondary N) is 1. The smallest absolute Gasteiger partial charge is 0.335 e. The van der Waals surface area contributed by atoms with Crippen LogP contribution < -0.4 is 10.2 Å². The predicted octanol–water partition coefficient (Wildman–Crippen LogP) is 1.30. The van der Waals surface area contributed by atoms with Gasteiger partial charge in [0.05, 0.1) is 12.1 Å². The SMILES string of the molecule is CCCNC(=O)CN(C)c1cc(C(=O)O)cc(CC)n1. The third-order valence-electron chi connectivity index (χ3n) is 2.82. The predicted molar refractivity (Wildman–Crippen MR) is 77.1 cm³/mol. The molecule has 0 saturated heterocycles. The van der Waals surface area contributed by atoms with Crippen LogP contribution >= 0.6 is 0 Å². The molecule has 1 aromatic rings. The standard InChI is InChI=1S/C14H21N3O3/c1-4-6-15-13(18)9-17(3)12-8-10(14(19)20)7-11(5-2)16-12/h7-8H,4-6,9H2,1-3H3,(H,15,18)(H,19,20). The molecule has 1 heterocycles. The molecular weight excluding hydrogens is 258 g/mol. The van der Waals surface area contributed by atoms with Crippen molar-refractivity contribution < 1.29 is 14.7 Å². The number of hydrogen-bond donors (Lipinski definition) is 2. The fourth-order valence-corrected chi connectivity index (χ4v) is 1.69. The van der Waals surface area contributed by atoms with Crippen LogP contribution in [0.2, 0.25) is 0 Å². The fourth-order valence-electron chi connectivity index (χ4n) is 1.69. The van der Waals surface area contributed by atoms with Gasteiger partial charge < -0.3 is 15.3 Å². The summed E-state index contributed by atoms with van der Waals surface area (Å²) < 4.78 is 0. The van der Waals surface area contributed by atoms with Gasteiger partial charge in [-0.05, 0) is 25.0 Å². The number of aryl methyl sites for hydroxylation is 1. The van der Waals surface area contributed by atoms with E-state index in [0.29, 0.717) is 24.5 Å². The highest BCUT2D eigenvalue weighted by Gasteiger charge is 2.12. The third-order valence-corrected chi connectivity index (χ3v) is 2.82. The Morgan fingerprint density at radius 2 is 2.05 bits per heavy atom. The van der Waals surface area contributed by atoms with Gasteiger partial charge in [-0.15, -0.1) is 0 Å². The first-order chi connectivity index (χ1) is 9.47. The second kappa shape index (κ2) is 7.47. The lowest BCUT2D eigenvalue weighted by Crippen LogP contribution is -2.36. The zero-order valence-electron chi connectivity index (χ0n) is 12.1. The summed E-state index contributed by atoms with van der Waals surface area (Å²) in [6.45, 7) is 4.68. The maximum atomic E-state index is 11.7. The van der Waals surface area contributed by atoms with Crippen molar-refractivity contribution in [1.29, 1.82) is 0 Å². The van der Waals surface area contributed by atoms with Crippen molar-refractivity contribution in [3.63, 3.8) is 0 Å². The van der Waals surface area contributed by atoms with Gasteiger partial charge >= 0.3 is 5.97 Å². The summed E-state index contributed by atoms with van der Waals surface area (Å²) in [7, 11) is 1.72. The van der Waals surface area contributed by atoms with Crippen LogP contribution in [-0.2, 0) is 11.2 Å². The largest absolute Gasteiger partial charge is 0.478 e. The number of anilines is 1. The lowest BCUT2D eigenvalue weighted by atomic mass is 10.2. The minimum atomic E-state index is -0.993. The molecule has 6 heteroatoms. The van der Waals surface area contributed by atoms with Gasteiger partial charge in [0.2, 0.25) is 5.91 Å². The number of carboxylic acids is 1. The van der Waals surface area contributed by atoms with E-state index < -0.39 is 5.97 Å². The van der Waals surface area contributed by atoms with Gasteiger partial charge in [0, 0.05) is 19.3 Å². The number of likely N-dealkylation sites (N-methyl/N-ethyl adjacent to an activating group) is 1. The number of pyridine rings is 1. The van der Waals surface area contributed by atoms with Gasteiger partial charge in [-0.3, -0.25) is 4.79 Å². The average molecular weight is 279 g/mol. The van der Waals surface area contributed by atoms with Crippen molar-refractivity contribution in [3.05, 3.63) is 23.4 Å². The summed E-state index contributed by atoms with van der Waals surface area (Å²) in [4.78, 5) is 28.7. The molecule has 0 aliphatic heterocycles. The van der Waals surface area contributed by atoms with Gasteiger partial charge in [0.1, 0.15) is 5.82 Å². The van der Waals surface area contributed by atoms with Gasteiger partial charge in [-0.25, -0.2) is 9.78 Å². The Morgan fingerprint density at radius 1 is 1.35 bits per heavy atom. The molecule has 0 atom stereocenters. The van der Waals surface area contributed by atoms with Gasteiger partial charge in [-0.2, -0.15) is 0 Å². The van der Waals surface area contributed by atoms with Crippen molar-refractivity contribution in [3.8, 4) is 0 Å². The number of amides is 1. The molecule has 1 rings (SSSR count). The molecule has 0 fully saturated rings. The Labute approximate surface area is 118 Å². The minimum absolute atomic E-state index is 0.102. The number of carbonyl (C=O) groups excluding carboxylic acids is 1. The lowest BCUT2D eigenvalue weighted by Gasteiger charge is -2.19. The lowest BCUT2D eigenvalue weighted by molar-refractivity contribution is -0.119. The quantitative estimate of drug-likeness (QED) is 0.786. The molecule has 0 radical (unpaired) electrons. The highest BCUT2D eigenvalue weighted by molar-refractivity contribution is 5.89. The average Bonchev–Trinajstić information content (AvgIpc) is 2.44. The number of nitrogens with zero attached hydrogens (tertiary/aromatic N) is 2. The monoisotopic (exact) mass is 279 g/mol. The Kier molecular flexibility index (Phi) is 5.96. The summed E-state index contributed by atoms with van der Waals surface area (Å²) in [5.41, 5.74) is 0.883. The Balaban J connectivity index is 2.86. The number of hydrogen-bond acceptors (Lipinski definition) is 4. The second-order valence-electron chi connectivity index (χ2n) is 4.57. The van der Waals surface area contributed by atoms with Crippen LogP contribution in [-0.4, -0.2) is 42.1 Å². The van der Waals surface area contributed by atoms with Crippen molar-refractivity contribution in [2.45, 2.75) is 26.7 Å². The molecule has 0 unspecified atom stereocenters. The molecular formula is C14H21N3O3. The molecule has 6 nitrogen and oxygen atoms in total. The Morgan fingerprint density at radius 3 is 2.60 bits per heavy atom. The van der Waals surface area contributed by atoms with E-state index in [4.69, 9.17) is 5.11 Å². The molecule has 0 aromatic carbocycles. The number of carbonyl (C=O) groups is 2. The Hall–Kier alpha value is -2.11. The number of rotatable bonds is 7. The van der Waals surface area contributed by atoms with E-state index in [1.165, 1.54) is 6.07 Å². The first-order valence-corrected chi connectivity index (χ1v) is 6.70. The first-order valence-electron chi connectivity index (χ1n) is 6.70. The molecule has 0 aliphatic rings. The van der Waals surface area contributed by atoms with Crippen LogP contribution in [0.15, 0.2) is 12.1 Å². The Bertz CT molecular complexity index is 489. The van der Waals surface area contributed by atoms with E-state index >= 15 is 0 Å². The van der Waals surface area contributed by atoms with Crippen LogP contribution in [0, 0.1) is 0 Å². The number of aromatic nitrogens is 1. The van der Waals surface area contributed by atoms with Crippen LogP contribution in [0.25, 0.3) is 0 Å². The molecule has 1 aromatic heterocycles. The zero-order chi connectivity index (χ0) is 15.1. The minimum Gasteiger partial charge on any atom is -0.478 e. The molecule has 1 amide bonds. The molecule has 20 heavy (non-hydrogen) atoms. The van der Waals surface area contributed by atoms with Crippen molar-refractivity contribution in [1.82, 2.24) is 10.3 Å². The highest BCUT2D eigenvalue weighted by atomic mass is 16.4. The molecule has 2 N–H and O–H groups in total. The number of carboxylic acid groups (broad SMARTS) is 1. The van der Waals surface area contributed by atoms with E-state index in [1.807, 2.05) is 13.8 Å². The maximum absolute atomic E-state index is 11.7.